The summed E-state index contributed by atoms with van der Waals surface area (Å²) in [5.41, 5.74) is 1.49. The van der Waals surface area contributed by atoms with E-state index < -0.39 is 0 Å². The SMILES string of the molecule is CCC1CN(Cc2nc(C)c(C)s2)C(C(C)(C)C)CN1. The first-order valence-corrected chi connectivity index (χ1v) is 8.53. The number of piperazine rings is 1. The Hall–Kier alpha value is -0.450. The van der Waals surface area contributed by atoms with Crippen LogP contribution in [0.15, 0.2) is 0 Å². The highest BCUT2D eigenvalue weighted by Gasteiger charge is 2.35. The lowest BCUT2D eigenvalue weighted by Crippen LogP contribution is -2.59. The van der Waals surface area contributed by atoms with Crippen molar-refractivity contribution in [2.75, 3.05) is 13.1 Å². The van der Waals surface area contributed by atoms with Crippen LogP contribution in [0.5, 0.6) is 0 Å². The largest absolute Gasteiger partial charge is 0.311 e. The van der Waals surface area contributed by atoms with Gasteiger partial charge in [0.15, 0.2) is 0 Å². The molecule has 1 fully saturated rings. The van der Waals surface area contributed by atoms with Crippen LogP contribution in [0, 0.1) is 19.3 Å². The Bertz CT molecular complexity index is 428. The lowest BCUT2D eigenvalue weighted by Gasteiger charge is -2.46. The van der Waals surface area contributed by atoms with E-state index in [0.717, 1.165) is 19.6 Å². The molecule has 0 radical (unpaired) electrons. The minimum absolute atomic E-state index is 0.299. The van der Waals surface area contributed by atoms with Gasteiger partial charge in [-0.3, -0.25) is 4.90 Å². The first-order chi connectivity index (χ1) is 9.31. The van der Waals surface area contributed by atoms with Gasteiger partial charge < -0.3 is 5.32 Å². The summed E-state index contributed by atoms with van der Waals surface area (Å²) in [5.74, 6) is 0. The Morgan fingerprint density at radius 3 is 2.55 bits per heavy atom. The van der Waals surface area contributed by atoms with Crippen molar-refractivity contribution in [1.29, 1.82) is 0 Å². The molecule has 2 heterocycles. The van der Waals surface area contributed by atoms with Gasteiger partial charge in [-0.1, -0.05) is 27.7 Å². The van der Waals surface area contributed by atoms with E-state index in [9.17, 15) is 0 Å². The summed E-state index contributed by atoms with van der Waals surface area (Å²) in [6.45, 7) is 16.8. The molecule has 2 rings (SSSR count). The van der Waals surface area contributed by atoms with Crippen molar-refractivity contribution < 1.29 is 0 Å². The molecule has 114 valence electrons. The van der Waals surface area contributed by atoms with Crippen molar-refractivity contribution in [1.82, 2.24) is 15.2 Å². The predicted octanol–water partition coefficient (Wildman–Crippen LogP) is 3.36. The van der Waals surface area contributed by atoms with Crippen LogP contribution < -0.4 is 5.32 Å². The number of rotatable bonds is 3. The summed E-state index contributed by atoms with van der Waals surface area (Å²) < 4.78 is 0. The van der Waals surface area contributed by atoms with E-state index in [2.05, 4.69) is 51.8 Å². The van der Waals surface area contributed by atoms with Crippen molar-refractivity contribution in [3.05, 3.63) is 15.6 Å². The maximum atomic E-state index is 4.73. The fourth-order valence-corrected chi connectivity index (χ4v) is 3.92. The van der Waals surface area contributed by atoms with Crippen LogP contribution in [-0.2, 0) is 6.54 Å². The number of aryl methyl sites for hydroxylation is 2. The smallest absolute Gasteiger partial charge is 0.107 e. The van der Waals surface area contributed by atoms with Gasteiger partial charge in [-0.2, -0.15) is 0 Å². The minimum atomic E-state index is 0.299. The van der Waals surface area contributed by atoms with Gasteiger partial charge >= 0.3 is 0 Å². The lowest BCUT2D eigenvalue weighted by atomic mass is 9.83. The molecule has 1 N–H and O–H groups in total. The summed E-state index contributed by atoms with van der Waals surface area (Å²) in [7, 11) is 0. The van der Waals surface area contributed by atoms with Crippen LogP contribution in [0.2, 0.25) is 0 Å². The minimum Gasteiger partial charge on any atom is -0.311 e. The molecule has 0 amide bonds. The molecular weight excluding hydrogens is 266 g/mol. The molecule has 4 heteroatoms. The van der Waals surface area contributed by atoms with Crippen LogP contribution in [0.4, 0.5) is 0 Å². The average Bonchev–Trinajstić information content (AvgIpc) is 2.66. The van der Waals surface area contributed by atoms with Crippen molar-refractivity contribution in [3.63, 3.8) is 0 Å². The van der Waals surface area contributed by atoms with Gasteiger partial charge in [0.05, 0.1) is 12.2 Å². The maximum Gasteiger partial charge on any atom is 0.107 e. The summed E-state index contributed by atoms with van der Waals surface area (Å²) in [6, 6.07) is 1.20. The van der Waals surface area contributed by atoms with Gasteiger partial charge in [0.2, 0.25) is 0 Å². The number of hydrogen-bond acceptors (Lipinski definition) is 4. The Balaban J connectivity index is 2.14. The molecule has 1 aliphatic rings. The fourth-order valence-electron chi connectivity index (χ4n) is 2.96. The zero-order valence-electron chi connectivity index (χ0n) is 13.8. The number of hydrogen-bond donors (Lipinski definition) is 1. The molecule has 0 aromatic carbocycles. The van der Waals surface area contributed by atoms with Gasteiger partial charge in [-0.15, -0.1) is 11.3 Å². The van der Waals surface area contributed by atoms with E-state index in [1.807, 2.05) is 11.3 Å². The van der Waals surface area contributed by atoms with Crippen LogP contribution in [0.3, 0.4) is 0 Å². The molecule has 2 atom stereocenters. The second-order valence-electron chi connectivity index (χ2n) is 7.07. The monoisotopic (exact) mass is 295 g/mol. The third kappa shape index (κ3) is 3.60. The Labute approximate surface area is 127 Å². The molecule has 0 aliphatic carbocycles. The highest BCUT2D eigenvalue weighted by molar-refractivity contribution is 7.11. The van der Waals surface area contributed by atoms with Gasteiger partial charge in [-0.25, -0.2) is 4.98 Å². The van der Waals surface area contributed by atoms with Crippen molar-refractivity contribution in [2.24, 2.45) is 5.41 Å². The van der Waals surface area contributed by atoms with Crippen LogP contribution in [0.1, 0.15) is 49.7 Å². The van der Waals surface area contributed by atoms with E-state index in [1.165, 1.54) is 22.0 Å². The number of nitrogens with one attached hydrogen (secondary N) is 1. The molecule has 20 heavy (non-hydrogen) atoms. The van der Waals surface area contributed by atoms with Crippen LogP contribution in [0.25, 0.3) is 0 Å². The lowest BCUT2D eigenvalue weighted by molar-refractivity contribution is 0.0484. The molecule has 0 spiro atoms. The first-order valence-electron chi connectivity index (χ1n) is 7.71. The zero-order chi connectivity index (χ0) is 14.9. The standard InChI is InChI=1S/C16H29N3S/c1-7-13-9-19(14(8-17-13)16(4,5)6)10-15-18-11(2)12(3)20-15/h13-14,17H,7-10H2,1-6H3. The second kappa shape index (κ2) is 6.12. The highest BCUT2D eigenvalue weighted by Crippen LogP contribution is 2.29. The molecule has 1 aliphatic heterocycles. The third-order valence-electron chi connectivity index (χ3n) is 4.40. The fraction of sp³-hybridized carbons (Fsp3) is 0.812. The number of aromatic nitrogens is 1. The summed E-state index contributed by atoms with van der Waals surface area (Å²) in [4.78, 5) is 8.73. The Morgan fingerprint density at radius 2 is 2.05 bits per heavy atom. The number of nitrogens with zero attached hydrogens (tertiary/aromatic N) is 2. The van der Waals surface area contributed by atoms with E-state index in [4.69, 9.17) is 4.98 Å². The molecule has 0 saturated carbocycles. The maximum absolute atomic E-state index is 4.73. The van der Waals surface area contributed by atoms with Gasteiger partial charge in [-0.05, 0) is 25.7 Å². The first kappa shape index (κ1) is 15.9. The summed E-state index contributed by atoms with van der Waals surface area (Å²) in [5, 5.41) is 4.97. The van der Waals surface area contributed by atoms with Crippen molar-refractivity contribution in [2.45, 2.75) is 66.6 Å². The molecular formula is C16H29N3S. The van der Waals surface area contributed by atoms with Gasteiger partial charge in [0, 0.05) is 30.1 Å². The highest BCUT2D eigenvalue weighted by atomic mass is 32.1. The topological polar surface area (TPSA) is 28.2 Å². The molecule has 1 aromatic heterocycles. The normalized spacial score (nSPS) is 25.1. The van der Waals surface area contributed by atoms with Gasteiger partial charge in [0.1, 0.15) is 5.01 Å². The molecule has 1 aromatic rings. The van der Waals surface area contributed by atoms with E-state index in [-0.39, 0.29) is 0 Å². The van der Waals surface area contributed by atoms with Gasteiger partial charge in [0.25, 0.3) is 0 Å². The summed E-state index contributed by atoms with van der Waals surface area (Å²) in [6.07, 6.45) is 1.20. The average molecular weight is 295 g/mol. The quantitative estimate of drug-likeness (QED) is 0.927. The Kier molecular flexibility index (Phi) is 4.88. The summed E-state index contributed by atoms with van der Waals surface area (Å²) >= 11 is 1.86. The van der Waals surface area contributed by atoms with E-state index >= 15 is 0 Å². The molecule has 2 unspecified atom stereocenters. The van der Waals surface area contributed by atoms with Crippen LogP contribution >= 0.6 is 11.3 Å². The number of thiazole rings is 1. The van der Waals surface area contributed by atoms with Crippen molar-refractivity contribution >= 4 is 11.3 Å². The van der Waals surface area contributed by atoms with E-state index in [1.54, 1.807) is 0 Å². The second-order valence-corrected chi connectivity index (χ2v) is 8.36. The van der Waals surface area contributed by atoms with Crippen LogP contribution in [-0.4, -0.2) is 35.1 Å². The zero-order valence-corrected chi connectivity index (χ0v) is 14.6. The molecule has 1 saturated heterocycles. The molecule has 3 nitrogen and oxygen atoms in total. The molecule has 0 bridgehead atoms. The van der Waals surface area contributed by atoms with Crippen molar-refractivity contribution in [3.8, 4) is 0 Å². The predicted molar refractivity (Wildman–Crippen MR) is 87.3 cm³/mol. The van der Waals surface area contributed by atoms with E-state index in [0.29, 0.717) is 17.5 Å². The Morgan fingerprint density at radius 1 is 1.35 bits per heavy atom. The third-order valence-corrected chi connectivity index (χ3v) is 5.46.